The molecule has 0 radical (unpaired) electrons. The maximum Gasteiger partial charge on any atom is 0.243 e. The standard InChI is InChI=1S/C13H14ClNO4/c1-2-12(17)15-7-10(16)8-5-9(14)13-11(6-8)18-3-4-19-13/h2,5-6,10,16H,1,3-4,7H2,(H,15,17). The van der Waals surface area contributed by atoms with Crippen LogP contribution in [0.3, 0.4) is 0 Å². The van der Waals surface area contributed by atoms with E-state index in [0.29, 0.717) is 35.3 Å². The number of hydrogen-bond acceptors (Lipinski definition) is 4. The Morgan fingerprint density at radius 3 is 3.00 bits per heavy atom. The number of aliphatic hydroxyl groups is 1. The van der Waals surface area contributed by atoms with Crippen molar-refractivity contribution in [3.63, 3.8) is 0 Å². The van der Waals surface area contributed by atoms with Gasteiger partial charge in [0.05, 0.1) is 11.1 Å². The Morgan fingerprint density at radius 2 is 2.26 bits per heavy atom. The molecule has 1 aromatic carbocycles. The predicted molar refractivity (Wildman–Crippen MR) is 70.6 cm³/mol. The second kappa shape index (κ2) is 5.95. The number of carbonyl (C=O) groups excluding carboxylic acids is 1. The van der Waals surface area contributed by atoms with Crippen molar-refractivity contribution in [2.45, 2.75) is 6.10 Å². The van der Waals surface area contributed by atoms with E-state index in [1.165, 1.54) is 0 Å². The lowest BCUT2D eigenvalue weighted by Crippen LogP contribution is -2.26. The molecule has 1 amide bonds. The van der Waals surface area contributed by atoms with Crippen LogP contribution in [0.1, 0.15) is 11.7 Å². The first-order valence-electron chi connectivity index (χ1n) is 5.79. The summed E-state index contributed by atoms with van der Waals surface area (Å²) in [6.07, 6.45) is 0.265. The van der Waals surface area contributed by atoms with Crippen LogP contribution in [0.5, 0.6) is 11.5 Å². The van der Waals surface area contributed by atoms with Gasteiger partial charge in [0, 0.05) is 6.54 Å². The number of carbonyl (C=O) groups is 1. The second-order valence-corrected chi connectivity index (χ2v) is 4.40. The van der Waals surface area contributed by atoms with Crippen LogP contribution in [0.15, 0.2) is 24.8 Å². The van der Waals surface area contributed by atoms with Crippen LogP contribution < -0.4 is 14.8 Å². The van der Waals surface area contributed by atoms with Crippen LogP contribution in [0.25, 0.3) is 0 Å². The molecule has 102 valence electrons. The van der Waals surface area contributed by atoms with E-state index in [4.69, 9.17) is 21.1 Å². The van der Waals surface area contributed by atoms with Gasteiger partial charge in [-0.15, -0.1) is 0 Å². The molecule has 1 unspecified atom stereocenters. The topological polar surface area (TPSA) is 67.8 Å². The molecule has 5 nitrogen and oxygen atoms in total. The quantitative estimate of drug-likeness (QED) is 0.821. The Morgan fingerprint density at radius 1 is 1.53 bits per heavy atom. The van der Waals surface area contributed by atoms with Crippen LogP contribution >= 0.6 is 11.6 Å². The Balaban J connectivity index is 2.13. The first-order valence-corrected chi connectivity index (χ1v) is 6.17. The molecule has 19 heavy (non-hydrogen) atoms. The summed E-state index contributed by atoms with van der Waals surface area (Å²) >= 11 is 6.06. The van der Waals surface area contributed by atoms with E-state index in [9.17, 15) is 9.90 Å². The van der Waals surface area contributed by atoms with Crippen LogP contribution in [0.4, 0.5) is 0 Å². The zero-order valence-electron chi connectivity index (χ0n) is 10.2. The molecule has 0 saturated carbocycles. The number of benzene rings is 1. The van der Waals surface area contributed by atoms with Crippen LogP contribution in [0.2, 0.25) is 5.02 Å². The third kappa shape index (κ3) is 3.19. The van der Waals surface area contributed by atoms with Crippen molar-refractivity contribution in [1.82, 2.24) is 5.32 Å². The van der Waals surface area contributed by atoms with Gasteiger partial charge in [0.15, 0.2) is 11.5 Å². The average Bonchev–Trinajstić information content (AvgIpc) is 2.44. The van der Waals surface area contributed by atoms with Gasteiger partial charge in [0.1, 0.15) is 13.2 Å². The Hall–Kier alpha value is -1.72. The largest absolute Gasteiger partial charge is 0.486 e. The van der Waals surface area contributed by atoms with Crippen molar-refractivity contribution in [3.05, 3.63) is 35.4 Å². The van der Waals surface area contributed by atoms with Crippen molar-refractivity contribution in [1.29, 1.82) is 0 Å². The minimum atomic E-state index is -0.878. The molecular weight excluding hydrogens is 270 g/mol. The molecule has 1 atom stereocenters. The lowest BCUT2D eigenvalue weighted by molar-refractivity contribution is -0.116. The lowest BCUT2D eigenvalue weighted by atomic mass is 10.1. The third-order valence-electron chi connectivity index (χ3n) is 2.66. The number of fused-ring (bicyclic) bond motifs is 1. The Kier molecular flexibility index (Phi) is 4.29. The molecule has 0 fully saturated rings. The molecule has 2 rings (SSSR count). The van der Waals surface area contributed by atoms with Crippen LogP contribution in [0, 0.1) is 0 Å². The first-order chi connectivity index (χ1) is 9.11. The van der Waals surface area contributed by atoms with Crippen LogP contribution in [-0.4, -0.2) is 30.8 Å². The zero-order valence-corrected chi connectivity index (χ0v) is 10.9. The summed E-state index contributed by atoms with van der Waals surface area (Å²) in [5.41, 5.74) is 0.554. The highest BCUT2D eigenvalue weighted by Gasteiger charge is 2.19. The number of halogens is 1. The van der Waals surface area contributed by atoms with Crippen molar-refractivity contribution in [2.24, 2.45) is 0 Å². The van der Waals surface area contributed by atoms with Crippen molar-refractivity contribution < 1.29 is 19.4 Å². The predicted octanol–water partition coefficient (Wildman–Crippen LogP) is 1.45. The highest BCUT2D eigenvalue weighted by Crippen LogP contribution is 2.39. The SMILES string of the molecule is C=CC(=O)NCC(O)c1cc(Cl)c2c(c1)OCCO2. The molecule has 1 aromatic rings. The highest BCUT2D eigenvalue weighted by atomic mass is 35.5. The first kappa shape index (κ1) is 13.7. The van der Waals surface area contributed by atoms with E-state index in [-0.39, 0.29) is 12.5 Å². The summed E-state index contributed by atoms with van der Waals surface area (Å²) in [6.45, 7) is 4.29. The minimum absolute atomic E-state index is 0.0703. The van der Waals surface area contributed by atoms with Gasteiger partial charge in [0.25, 0.3) is 0 Å². The molecular formula is C13H14ClNO4. The fourth-order valence-electron chi connectivity index (χ4n) is 1.71. The van der Waals surface area contributed by atoms with Gasteiger partial charge in [-0.05, 0) is 23.8 Å². The fourth-order valence-corrected chi connectivity index (χ4v) is 1.98. The Bertz CT molecular complexity index is 504. The van der Waals surface area contributed by atoms with E-state index in [0.717, 1.165) is 6.08 Å². The zero-order chi connectivity index (χ0) is 13.8. The van der Waals surface area contributed by atoms with Gasteiger partial charge in [-0.2, -0.15) is 0 Å². The Labute approximate surface area is 115 Å². The molecule has 0 aromatic heterocycles. The van der Waals surface area contributed by atoms with Gasteiger partial charge in [-0.1, -0.05) is 18.2 Å². The number of hydrogen-bond donors (Lipinski definition) is 2. The number of aliphatic hydroxyl groups excluding tert-OH is 1. The number of rotatable bonds is 4. The second-order valence-electron chi connectivity index (χ2n) is 3.99. The molecule has 0 saturated heterocycles. The molecule has 1 heterocycles. The average molecular weight is 284 g/mol. The molecule has 0 bridgehead atoms. The number of ether oxygens (including phenoxy) is 2. The van der Waals surface area contributed by atoms with Gasteiger partial charge in [-0.25, -0.2) is 0 Å². The summed E-state index contributed by atoms with van der Waals surface area (Å²) < 4.78 is 10.8. The van der Waals surface area contributed by atoms with E-state index >= 15 is 0 Å². The van der Waals surface area contributed by atoms with E-state index in [1.54, 1.807) is 12.1 Å². The monoisotopic (exact) mass is 283 g/mol. The maximum atomic E-state index is 11.0. The van der Waals surface area contributed by atoms with E-state index in [2.05, 4.69) is 11.9 Å². The highest BCUT2D eigenvalue weighted by molar-refractivity contribution is 6.32. The lowest BCUT2D eigenvalue weighted by Gasteiger charge is -2.21. The number of nitrogens with one attached hydrogen (secondary N) is 1. The van der Waals surface area contributed by atoms with Gasteiger partial charge < -0.3 is 19.9 Å². The van der Waals surface area contributed by atoms with Crippen molar-refractivity contribution in [2.75, 3.05) is 19.8 Å². The fraction of sp³-hybridized carbons (Fsp3) is 0.308. The van der Waals surface area contributed by atoms with Crippen molar-refractivity contribution in [3.8, 4) is 11.5 Å². The van der Waals surface area contributed by atoms with Crippen LogP contribution in [-0.2, 0) is 4.79 Å². The van der Waals surface area contributed by atoms with E-state index < -0.39 is 6.10 Å². The van der Waals surface area contributed by atoms with Crippen molar-refractivity contribution >= 4 is 17.5 Å². The summed E-state index contributed by atoms with van der Waals surface area (Å²) in [7, 11) is 0. The van der Waals surface area contributed by atoms with Gasteiger partial charge in [-0.3, -0.25) is 4.79 Å². The summed E-state index contributed by atoms with van der Waals surface area (Å²) in [6, 6.07) is 3.25. The molecule has 0 aliphatic carbocycles. The maximum absolute atomic E-state index is 11.0. The van der Waals surface area contributed by atoms with E-state index in [1.807, 2.05) is 0 Å². The molecule has 0 spiro atoms. The summed E-state index contributed by atoms with van der Waals surface area (Å²) in [5.74, 6) is 0.643. The molecule has 6 heteroatoms. The molecule has 1 aliphatic heterocycles. The van der Waals surface area contributed by atoms with Gasteiger partial charge in [0.2, 0.25) is 5.91 Å². The normalized spacial score (nSPS) is 14.6. The smallest absolute Gasteiger partial charge is 0.243 e. The number of amides is 1. The summed E-state index contributed by atoms with van der Waals surface area (Å²) in [4.78, 5) is 11.0. The van der Waals surface area contributed by atoms with Gasteiger partial charge >= 0.3 is 0 Å². The minimum Gasteiger partial charge on any atom is -0.486 e. The molecule has 2 N–H and O–H groups in total. The molecule has 1 aliphatic rings. The third-order valence-corrected chi connectivity index (χ3v) is 2.94. The summed E-state index contributed by atoms with van der Waals surface area (Å²) in [5, 5.41) is 12.9.